The lowest BCUT2D eigenvalue weighted by Gasteiger charge is -2.15. The Morgan fingerprint density at radius 2 is 1.71 bits per heavy atom. The van der Waals surface area contributed by atoms with Gasteiger partial charge in [0.2, 0.25) is 0 Å². The van der Waals surface area contributed by atoms with Crippen molar-refractivity contribution in [1.82, 2.24) is 0 Å². The summed E-state index contributed by atoms with van der Waals surface area (Å²) in [6.45, 7) is 5.67. The van der Waals surface area contributed by atoms with Crippen LogP contribution in [0.1, 0.15) is 6.92 Å². The van der Waals surface area contributed by atoms with Gasteiger partial charge in [0.15, 0.2) is 0 Å². The van der Waals surface area contributed by atoms with E-state index in [4.69, 9.17) is 23.2 Å². The van der Waals surface area contributed by atoms with Crippen molar-refractivity contribution in [3.63, 3.8) is 0 Å². The third-order valence-corrected chi connectivity index (χ3v) is 1.94. The Morgan fingerprint density at radius 3 is 1.71 bits per heavy atom. The molecule has 1 radical (unpaired) electrons. The molecule has 0 saturated heterocycles. The molecule has 0 N–H and O–H groups in total. The molecule has 0 spiro atoms. The van der Waals surface area contributed by atoms with Crippen molar-refractivity contribution in [2.24, 2.45) is 5.41 Å². The number of hydrogen-bond donors (Lipinski definition) is 0. The van der Waals surface area contributed by atoms with Crippen LogP contribution in [0.25, 0.3) is 0 Å². The molecule has 0 aromatic heterocycles. The van der Waals surface area contributed by atoms with Crippen molar-refractivity contribution >= 4 is 23.2 Å². The van der Waals surface area contributed by atoms with Gasteiger partial charge in [0.05, 0.1) is 0 Å². The molecule has 0 saturated carbocycles. The first-order valence-electron chi connectivity index (χ1n) is 2.10. The Morgan fingerprint density at radius 1 is 1.43 bits per heavy atom. The summed E-state index contributed by atoms with van der Waals surface area (Å²) in [5.74, 6) is 1.05. The van der Waals surface area contributed by atoms with Gasteiger partial charge >= 0.3 is 0 Å². The third kappa shape index (κ3) is 3.19. The maximum Gasteiger partial charge on any atom is 0.0288 e. The van der Waals surface area contributed by atoms with Crippen LogP contribution in [0.5, 0.6) is 0 Å². The Labute approximate surface area is 54.8 Å². The zero-order valence-electron chi connectivity index (χ0n) is 4.38. The molecule has 2 heteroatoms. The molecule has 0 nitrogen and oxygen atoms in total. The van der Waals surface area contributed by atoms with E-state index in [1.807, 2.05) is 6.92 Å². The second-order valence-electron chi connectivity index (χ2n) is 2.08. The highest BCUT2D eigenvalue weighted by Gasteiger charge is 2.13. The van der Waals surface area contributed by atoms with Crippen molar-refractivity contribution in [2.45, 2.75) is 6.92 Å². The first kappa shape index (κ1) is 7.58. The fraction of sp³-hybridized carbons (Fsp3) is 0.800. The number of alkyl halides is 2. The predicted molar refractivity (Wildman–Crippen MR) is 34.9 cm³/mol. The molecule has 0 rings (SSSR count). The van der Waals surface area contributed by atoms with Crippen molar-refractivity contribution in [2.75, 3.05) is 11.8 Å². The molecule has 0 fully saturated rings. The maximum atomic E-state index is 5.45. The van der Waals surface area contributed by atoms with Gasteiger partial charge in [-0.3, -0.25) is 0 Å². The first-order chi connectivity index (χ1) is 3.12. The maximum absolute atomic E-state index is 5.45. The molecule has 0 unspecified atom stereocenters. The lowest BCUT2D eigenvalue weighted by Crippen LogP contribution is -2.14. The highest BCUT2D eigenvalue weighted by Crippen LogP contribution is 2.17. The summed E-state index contributed by atoms with van der Waals surface area (Å²) < 4.78 is 0. The van der Waals surface area contributed by atoms with E-state index in [1.54, 1.807) is 0 Å². The second-order valence-corrected chi connectivity index (χ2v) is 2.61. The lowest BCUT2D eigenvalue weighted by molar-refractivity contribution is 0.555. The largest absolute Gasteiger partial charge is 0.126 e. The van der Waals surface area contributed by atoms with Gasteiger partial charge in [0.25, 0.3) is 0 Å². The quantitative estimate of drug-likeness (QED) is 0.516. The molecule has 0 aromatic rings. The van der Waals surface area contributed by atoms with Crippen LogP contribution in [0.3, 0.4) is 0 Å². The van der Waals surface area contributed by atoms with Gasteiger partial charge in [-0.05, 0) is 12.3 Å². The predicted octanol–water partition coefficient (Wildman–Crippen LogP) is 2.30. The van der Waals surface area contributed by atoms with Crippen molar-refractivity contribution in [3.8, 4) is 0 Å². The van der Waals surface area contributed by atoms with Gasteiger partial charge < -0.3 is 0 Å². The summed E-state index contributed by atoms with van der Waals surface area (Å²) in [5.41, 5.74) is -0.136. The Balaban J connectivity index is 3.36. The van der Waals surface area contributed by atoms with E-state index in [0.717, 1.165) is 0 Å². The van der Waals surface area contributed by atoms with Crippen molar-refractivity contribution < 1.29 is 0 Å². The zero-order chi connectivity index (χ0) is 5.91. The van der Waals surface area contributed by atoms with Crippen LogP contribution in [0.4, 0.5) is 0 Å². The summed E-state index contributed by atoms with van der Waals surface area (Å²) in [5, 5.41) is 0. The molecule has 43 valence electrons. The molecule has 0 atom stereocenters. The Bertz CT molecular complexity index is 44.0. The van der Waals surface area contributed by atoms with Crippen LogP contribution < -0.4 is 0 Å². The summed E-state index contributed by atoms with van der Waals surface area (Å²) in [4.78, 5) is 0. The fourth-order valence-corrected chi connectivity index (χ4v) is 0.321. The average molecular weight is 140 g/mol. The van der Waals surface area contributed by atoms with Crippen LogP contribution in [-0.4, -0.2) is 11.8 Å². The highest BCUT2D eigenvalue weighted by molar-refractivity contribution is 6.21. The van der Waals surface area contributed by atoms with Gasteiger partial charge in [-0.25, -0.2) is 0 Å². The topological polar surface area (TPSA) is 0 Å². The average Bonchev–Trinajstić information content (AvgIpc) is 1.68. The van der Waals surface area contributed by atoms with Crippen LogP contribution in [0.2, 0.25) is 0 Å². The normalized spacial score (nSPS) is 12.0. The summed E-state index contributed by atoms with van der Waals surface area (Å²) >= 11 is 10.9. The SMILES string of the molecule is [CH2]C(C)(CCl)CCl. The number of hydrogen-bond acceptors (Lipinski definition) is 0. The van der Waals surface area contributed by atoms with E-state index in [-0.39, 0.29) is 5.41 Å². The first-order valence-corrected chi connectivity index (χ1v) is 3.16. The minimum atomic E-state index is -0.136. The summed E-state index contributed by atoms with van der Waals surface area (Å²) in [6, 6.07) is 0. The monoisotopic (exact) mass is 139 g/mol. The van der Waals surface area contributed by atoms with Gasteiger partial charge in [-0.2, -0.15) is 0 Å². The molecule has 7 heavy (non-hydrogen) atoms. The Kier molecular flexibility index (Phi) is 3.01. The minimum Gasteiger partial charge on any atom is -0.126 e. The minimum absolute atomic E-state index is 0.136. The van der Waals surface area contributed by atoms with E-state index < -0.39 is 0 Å². The Hall–Kier alpha value is 0.580. The highest BCUT2D eigenvalue weighted by atomic mass is 35.5. The molecular weight excluding hydrogens is 131 g/mol. The zero-order valence-corrected chi connectivity index (χ0v) is 5.89. The van der Waals surface area contributed by atoms with Crippen LogP contribution >= 0.6 is 23.2 Å². The molecule has 0 heterocycles. The van der Waals surface area contributed by atoms with Gasteiger partial charge in [0, 0.05) is 11.8 Å². The standard InChI is InChI=1S/C5H9Cl2/c1-5(2,3-6)4-7/h1,3-4H2,2H3. The third-order valence-electron chi connectivity index (χ3n) is 0.645. The van der Waals surface area contributed by atoms with Gasteiger partial charge in [-0.15, -0.1) is 23.2 Å². The summed E-state index contributed by atoms with van der Waals surface area (Å²) in [7, 11) is 0. The molecule has 0 amide bonds. The van der Waals surface area contributed by atoms with E-state index in [2.05, 4.69) is 6.92 Å². The van der Waals surface area contributed by atoms with E-state index in [9.17, 15) is 0 Å². The molecule has 0 bridgehead atoms. The van der Waals surface area contributed by atoms with Crippen molar-refractivity contribution in [3.05, 3.63) is 6.92 Å². The molecular formula is C5H9Cl2. The second kappa shape index (κ2) is 2.78. The van der Waals surface area contributed by atoms with Crippen LogP contribution in [0, 0.1) is 12.3 Å². The van der Waals surface area contributed by atoms with E-state index in [1.165, 1.54) is 0 Å². The van der Waals surface area contributed by atoms with Gasteiger partial charge in [0.1, 0.15) is 0 Å². The number of rotatable bonds is 2. The smallest absolute Gasteiger partial charge is 0.0288 e. The van der Waals surface area contributed by atoms with Crippen molar-refractivity contribution in [1.29, 1.82) is 0 Å². The molecule has 0 aliphatic rings. The van der Waals surface area contributed by atoms with Crippen LogP contribution in [0.15, 0.2) is 0 Å². The lowest BCUT2D eigenvalue weighted by atomic mass is 10.0. The fourth-order valence-electron chi connectivity index (χ4n) is 0.0357. The van der Waals surface area contributed by atoms with E-state index in [0.29, 0.717) is 11.8 Å². The van der Waals surface area contributed by atoms with Crippen LogP contribution in [-0.2, 0) is 0 Å². The van der Waals surface area contributed by atoms with Gasteiger partial charge in [-0.1, -0.05) is 6.92 Å². The van der Waals surface area contributed by atoms with E-state index >= 15 is 0 Å². The molecule has 0 aliphatic heterocycles. The molecule has 0 aromatic carbocycles. The molecule has 0 aliphatic carbocycles. The summed E-state index contributed by atoms with van der Waals surface area (Å²) in [6.07, 6.45) is 0. The number of halogens is 2.